The lowest BCUT2D eigenvalue weighted by Crippen LogP contribution is -2.56. The summed E-state index contributed by atoms with van der Waals surface area (Å²) in [5, 5.41) is 12.2. The summed E-state index contributed by atoms with van der Waals surface area (Å²) in [4.78, 5) is 81.8. The summed E-state index contributed by atoms with van der Waals surface area (Å²) in [6.45, 7) is 16.2. The van der Waals surface area contributed by atoms with Crippen molar-refractivity contribution in [2.45, 2.75) is 153 Å². The van der Waals surface area contributed by atoms with Crippen LogP contribution in [0.4, 0.5) is 76.2 Å². The number of halogens is 7. The molecule has 8 aliphatic heterocycles. The van der Waals surface area contributed by atoms with Crippen molar-refractivity contribution in [3.05, 3.63) is 190 Å². The Bertz CT molecular complexity index is 6460. The number of anilines is 8. The molecule has 5 saturated heterocycles. The molecular formula is C97H106F7N17O10S4. The van der Waals surface area contributed by atoms with Gasteiger partial charge in [-0.05, 0) is 158 Å². The highest BCUT2D eigenvalue weighted by Gasteiger charge is 2.43. The first-order valence-electron chi connectivity index (χ1n) is 45.2. The van der Waals surface area contributed by atoms with Crippen molar-refractivity contribution < 1.29 is 78.3 Å². The summed E-state index contributed by atoms with van der Waals surface area (Å²) in [5.74, 6) is -5.98. The summed E-state index contributed by atoms with van der Waals surface area (Å²) < 4.78 is 140. The number of nitrogen functional groups attached to an aromatic ring is 4. The van der Waals surface area contributed by atoms with Crippen LogP contribution in [0, 0.1) is 80.3 Å². The van der Waals surface area contributed by atoms with E-state index in [-0.39, 0.29) is 164 Å². The number of amides is 2. The molecule has 1 unspecified atom stereocenters. The fraction of sp³-hybridized carbons (Fsp3) is 0.423. The van der Waals surface area contributed by atoms with Crippen LogP contribution >= 0.6 is 45.3 Å². The number of rotatable bonds is 16. The van der Waals surface area contributed by atoms with Gasteiger partial charge in [0.25, 0.3) is 11.8 Å². The van der Waals surface area contributed by atoms with E-state index in [1.165, 1.54) is 63.9 Å². The number of pyridine rings is 4. The number of Topliss-reactive ketones (excluding diaryl/α,β-unsaturated/α-hetero) is 2. The maximum atomic E-state index is 15.3. The third-order valence-corrected chi connectivity index (χ3v) is 31.4. The van der Waals surface area contributed by atoms with Gasteiger partial charge in [-0.1, -0.05) is 0 Å². The molecule has 10 atom stereocenters. The summed E-state index contributed by atoms with van der Waals surface area (Å²) in [6.07, 6.45) is 5.41. The Kier molecular flexibility index (Phi) is 26.9. The van der Waals surface area contributed by atoms with E-state index < -0.39 is 34.9 Å². The van der Waals surface area contributed by atoms with Crippen LogP contribution in [-0.2, 0) is 46.3 Å². The zero-order valence-electron chi connectivity index (χ0n) is 75.6. The maximum Gasteiger partial charge on any atom is 0.263 e. The van der Waals surface area contributed by atoms with Crippen LogP contribution in [0.1, 0.15) is 135 Å². The number of hydrogen-bond acceptors (Lipinski definition) is 29. The third-order valence-electron chi connectivity index (χ3n) is 26.9. The molecule has 2 bridgehead atoms. The molecule has 27 nitrogen and oxygen atoms in total. The van der Waals surface area contributed by atoms with Crippen molar-refractivity contribution in [2.75, 3.05) is 142 Å². The van der Waals surface area contributed by atoms with E-state index in [1.807, 2.05) is 87.2 Å². The van der Waals surface area contributed by atoms with Crippen molar-refractivity contribution in [1.29, 1.82) is 0 Å². The highest BCUT2D eigenvalue weighted by Crippen LogP contribution is 2.46. The van der Waals surface area contributed by atoms with Crippen LogP contribution in [0.5, 0.6) is 17.2 Å². The van der Waals surface area contributed by atoms with E-state index >= 15 is 26.3 Å². The highest BCUT2D eigenvalue weighted by molar-refractivity contribution is 7.22. The Labute approximate surface area is 790 Å². The molecule has 2 amide bonds. The van der Waals surface area contributed by atoms with Crippen molar-refractivity contribution in [3.63, 3.8) is 0 Å². The average Bonchev–Trinajstić information content (AvgIpc) is 1.37. The molecule has 712 valence electrons. The van der Waals surface area contributed by atoms with Gasteiger partial charge >= 0.3 is 0 Å². The number of methoxy groups -OCH3 is 2. The van der Waals surface area contributed by atoms with Gasteiger partial charge in [-0.25, -0.2) is 50.7 Å². The van der Waals surface area contributed by atoms with E-state index in [2.05, 4.69) is 47.7 Å². The number of benzene rings is 4. The molecule has 16 heterocycles. The van der Waals surface area contributed by atoms with Crippen LogP contribution in [0.3, 0.4) is 0 Å². The smallest absolute Gasteiger partial charge is 0.263 e. The first kappa shape index (κ1) is 94.0. The van der Waals surface area contributed by atoms with Crippen LogP contribution in [0.15, 0.2) is 78.9 Å². The number of aromatic nitrogens is 4. The molecule has 15 N–H and O–H groups in total. The van der Waals surface area contributed by atoms with Gasteiger partial charge < -0.3 is 98.4 Å². The number of nitrogens with zero attached hydrogens (tertiary/aromatic N) is 8. The Hall–Kier alpha value is -11.3. The van der Waals surface area contributed by atoms with Crippen LogP contribution in [0.2, 0.25) is 0 Å². The van der Waals surface area contributed by atoms with Crippen LogP contribution in [0.25, 0.3) is 40.9 Å². The fourth-order valence-electron chi connectivity index (χ4n) is 19.7. The number of nitrogens with two attached hydrogens (primary N) is 6. The third kappa shape index (κ3) is 19.1. The number of piperazine rings is 1. The molecule has 5 fully saturated rings. The van der Waals surface area contributed by atoms with Crippen molar-refractivity contribution in [1.82, 2.24) is 35.9 Å². The van der Waals surface area contributed by atoms with Gasteiger partial charge in [-0.15, -0.1) is 45.3 Å². The number of fused-ring (bicyclic) bond motifs is 10. The SMILES string of the molecule is CO[C@@H]1CN(c2cc3c(c(F)c2F)C[C@@H](CC(=O)c2sc4nc(C)ccc4c2N)CO3)C[C@H]1N.CO[C@H]1CN(c2cc3c(c(F)c2F)C[C@@H](CC(=O)c2sc4nc(C)ccc4c2N)CO3)C[C@@H]1N.Cc1ccc2c(N)c(C(=O)N[C@H]3CCc4cc(N5CCNCC5)c(F)c(F)c4C3)sc2n1.Cc1ccc2c(N)c(C(=O)N[C@H]3COc4cc(N5CC6CCC[C@@](C)(C5)O6)cc(F)c4C3)sc2n1. The van der Waals surface area contributed by atoms with E-state index in [0.717, 1.165) is 104 Å². The Morgan fingerprint density at radius 1 is 0.489 bits per heavy atom. The molecular weight excluding hydrogens is 1820 g/mol. The Morgan fingerprint density at radius 3 is 1.37 bits per heavy atom. The largest absolute Gasteiger partial charge is 0.493 e. The molecule has 21 rings (SSSR count). The van der Waals surface area contributed by atoms with Gasteiger partial charge in [0, 0.05) is 202 Å². The number of aryl methyl sites for hydroxylation is 5. The topological polar surface area (TPSA) is 380 Å². The molecule has 0 radical (unpaired) electrons. The standard InChI is InChI=1S/C26H29FN4O3S.2C24H26F2N4O3S.C23H25F2N5OS/c1-14-5-6-18-22(28)23(35-25(18)29-14)24(32)30-15-8-19-20(27)9-16(10-21(19)33-12-15)31-11-17-4-3-7-26(2,13-31)34-17;2*1-11-3-4-13-22(28)23(34-24(13)29-11)17(31)6-12-5-14-18(33-10-12)7-16(21(26)20(14)25)30-8-15(27)19(9-30)32-2;1-12-2-5-15-20(26)21(32-23(15)28-12)22(31)29-14-4-3-13-10-17(30-8-6-27-7-9-30)19(25)18(24)16(13)11-14/h5-6,9-10,15,17H,3-4,7-8,11-13,28H2,1-2H3,(H,30,32);2*3-4,7,12,15,19H,5-6,8-10,27-28H2,1-2H3;2,5,10,14,27H,3-4,6-9,11,26H2,1H3,(H,29,31)/t15-,17?,26+;12-,15+,19+;12-,15-,19-;14-/m1000/s1. The van der Waals surface area contributed by atoms with Crippen LogP contribution in [-0.4, -0.2) is 191 Å². The maximum absolute atomic E-state index is 15.3. The van der Waals surface area contributed by atoms with Gasteiger partial charge in [0.05, 0.1) is 105 Å². The zero-order valence-corrected chi connectivity index (χ0v) is 78.8. The highest BCUT2D eigenvalue weighted by atomic mass is 32.1. The summed E-state index contributed by atoms with van der Waals surface area (Å²) in [7, 11) is 3.10. The monoisotopic (exact) mass is 1930 g/mol. The number of nitrogens with one attached hydrogen (secondary N) is 3. The summed E-state index contributed by atoms with van der Waals surface area (Å²) in [6, 6.07) is 22.0. The Balaban J connectivity index is 0.000000120. The second-order valence-corrected chi connectivity index (χ2v) is 40.7. The average molecular weight is 1930 g/mol. The molecule has 8 aromatic heterocycles. The quantitative estimate of drug-likeness (QED) is 0.0320. The molecule has 135 heavy (non-hydrogen) atoms. The molecule has 9 aliphatic rings. The lowest BCUT2D eigenvalue weighted by molar-refractivity contribution is -0.127. The lowest BCUT2D eigenvalue weighted by Gasteiger charge is -2.49. The number of carbonyl (C=O) groups excluding carboxylic acids is 4. The second-order valence-electron chi connectivity index (χ2n) is 36.7. The minimum atomic E-state index is -0.944. The molecule has 38 heteroatoms. The minimum Gasteiger partial charge on any atom is -0.493 e. The van der Waals surface area contributed by atoms with E-state index in [4.69, 9.17) is 62.8 Å². The fourth-order valence-corrected chi connectivity index (χ4v) is 24.0. The van der Waals surface area contributed by atoms with Gasteiger partial charge in [-0.3, -0.25) is 19.2 Å². The van der Waals surface area contributed by atoms with Gasteiger partial charge in [0.1, 0.15) is 58.7 Å². The number of ether oxygens (including phenoxy) is 6. The number of hydrogen-bond donors (Lipinski definition) is 9. The van der Waals surface area contributed by atoms with Crippen molar-refractivity contribution in [3.8, 4) is 17.2 Å². The van der Waals surface area contributed by atoms with Gasteiger partial charge in [0.2, 0.25) is 0 Å². The minimum absolute atomic E-state index is 0.113. The summed E-state index contributed by atoms with van der Waals surface area (Å²) in [5.41, 5.74) is 45.2. The molecule has 4 aromatic carbocycles. The molecule has 0 spiro atoms. The number of morpholine rings is 1. The lowest BCUT2D eigenvalue weighted by atomic mass is 9.87. The number of thiophene rings is 4. The normalized spacial score (nSPS) is 22.2. The predicted molar refractivity (Wildman–Crippen MR) is 514 cm³/mol. The number of carbonyl (C=O) groups is 4. The van der Waals surface area contributed by atoms with Crippen LogP contribution < -0.4 is 84.2 Å². The van der Waals surface area contributed by atoms with E-state index in [1.54, 1.807) is 36.2 Å². The van der Waals surface area contributed by atoms with Gasteiger partial charge in [-0.2, -0.15) is 0 Å². The predicted octanol–water partition coefficient (Wildman–Crippen LogP) is 14.3. The first-order valence-corrected chi connectivity index (χ1v) is 48.5. The first-order chi connectivity index (χ1) is 64.7. The van der Waals surface area contributed by atoms with E-state index in [0.29, 0.717) is 145 Å². The summed E-state index contributed by atoms with van der Waals surface area (Å²) >= 11 is 5.04. The Morgan fingerprint density at radius 2 is 0.911 bits per heavy atom. The van der Waals surface area contributed by atoms with Crippen molar-refractivity contribution in [2.24, 2.45) is 23.3 Å². The van der Waals surface area contributed by atoms with Crippen molar-refractivity contribution >= 4 is 155 Å². The molecule has 0 saturated carbocycles. The van der Waals surface area contributed by atoms with Gasteiger partial charge in [0.15, 0.2) is 46.5 Å². The second kappa shape index (κ2) is 38.7. The molecule has 12 aromatic rings. The zero-order chi connectivity index (χ0) is 95.0. The van der Waals surface area contributed by atoms with E-state index in [9.17, 15) is 23.6 Å². The molecule has 1 aliphatic carbocycles. The number of ketones is 2.